The second-order valence-electron chi connectivity index (χ2n) is 7.02. The lowest BCUT2D eigenvalue weighted by Gasteiger charge is -2.26. The van der Waals surface area contributed by atoms with E-state index in [1.807, 2.05) is 60.7 Å². The molecule has 0 amide bonds. The zero-order chi connectivity index (χ0) is 21.2. The first-order valence-electron chi connectivity index (χ1n) is 9.78. The van der Waals surface area contributed by atoms with Crippen LogP contribution in [0.3, 0.4) is 0 Å². The molecule has 0 unspecified atom stereocenters. The Labute approximate surface area is 189 Å². The van der Waals surface area contributed by atoms with E-state index in [1.54, 1.807) is 29.3 Å². The Balaban J connectivity index is 1.55. The van der Waals surface area contributed by atoms with E-state index in [2.05, 4.69) is 10.3 Å². The molecule has 0 aliphatic carbocycles. The van der Waals surface area contributed by atoms with Crippen molar-refractivity contribution in [3.63, 3.8) is 0 Å². The molecular weight excluding hydrogens is 429 g/mol. The van der Waals surface area contributed by atoms with Gasteiger partial charge in [-0.05, 0) is 60.7 Å². The second-order valence-corrected chi connectivity index (χ2v) is 8.48. The molecule has 0 saturated carbocycles. The third-order valence-electron chi connectivity index (χ3n) is 5.07. The van der Waals surface area contributed by atoms with Gasteiger partial charge in [-0.2, -0.15) is 0 Å². The molecule has 1 aliphatic heterocycles. The summed E-state index contributed by atoms with van der Waals surface area (Å²) >= 11 is 7.16. The van der Waals surface area contributed by atoms with Gasteiger partial charge in [0.25, 0.3) is 0 Å². The minimum Gasteiger partial charge on any atom is -0.452 e. The summed E-state index contributed by atoms with van der Waals surface area (Å²) in [6.45, 7) is 0. The number of benzene rings is 2. The Bertz CT molecular complexity index is 1200. The van der Waals surface area contributed by atoms with Gasteiger partial charge in [-0.15, -0.1) is 0 Å². The van der Waals surface area contributed by atoms with Crippen LogP contribution >= 0.6 is 24.0 Å². The molecule has 1 aliphatic rings. The van der Waals surface area contributed by atoms with Crippen molar-refractivity contribution in [3.05, 3.63) is 108 Å². The van der Waals surface area contributed by atoms with Crippen LogP contribution < -0.4 is 10.2 Å². The van der Waals surface area contributed by atoms with Crippen LogP contribution in [0.5, 0.6) is 0 Å². The van der Waals surface area contributed by atoms with Crippen LogP contribution in [0.25, 0.3) is 0 Å². The number of aromatic nitrogens is 1. The topological polar surface area (TPSA) is 41.3 Å². The van der Waals surface area contributed by atoms with Crippen molar-refractivity contribution in [1.82, 2.24) is 10.3 Å². The van der Waals surface area contributed by atoms with Crippen LogP contribution in [0.15, 0.2) is 106 Å². The molecular formula is C24H18FN3OS2. The second kappa shape index (κ2) is 8.53. The summed E-state index contributed by atoms with van der Waals surface area (Å²) in [5.74, 6) is 0.341. The van der Waals surface area contributed by atoms with Crippen molar-refractivity contribution in [2.45, 2.75) is 22.1 Å². The van der Waals surface area contributed by atoms with Crippen molar-refractivity contribution in [3.8, 4) is 0 Å². The van der Waals surface area contributed by atoms with Gasteiger partial charge in [0.1, 0.15) is 17.6 Å². The van der Waals surface area contributed by atoms with Crippen LogP contribution in [-0.2, 0) is 0 Å². The molecule has 5 rings (SSSR count). The number of nitrogens with zero attached hydrogens (tertiary/aromatic N) is 2. The molecule has 3 heterocycles. The van der Waals surface area contributed by atoms with Gasteiger partial charge in [0.05, 0.1) is 17.4 Å². The number of halogens is 1. The lowest BCUT2D eigenvalue weighted by atomic mass is 10.0. The average Bonchev–Trinajstić information content (AvgIpc) is 3.39. The molecule has 2 atom stereocenters. The predicted octanol–water partition coefficient (Wildman–Crippen LogP) is 6.14. The summed E-state index contributed by atoms with van der Waals surface area (Å²) in [6, 6.07) is 25.5. The van der Waals surface area contributed by atoms with Gasteiger partial charge >= 0.3 is 0 Å². The number of thiocarbonyl (C=S) groups is 1. The van der Waals surface area contributed by atoms with Gasteiger partial charge in [0.15, 0.2) is 10.2 Å². The monoisotopic (exact) mass is 447 g/mol. The van der Waals surface area contributed by atoms with Crippen LogP contribution in [0.1, 0.15) is 23.5 Å². The Morgan fingerprint density at radius 1 is 0.935 bits per heavy atom. The van der Waals surface area contributed by atoms with E-state index in [0.717, 1.165) is 15.7 Å². The highest BCUT2D eigenvalue weighted by Gasteiger charge is 2.43. The summed E-state index contributed by atoms with van der Waals surface area (Å²) in [4.78, 5) is 7.36. The van der Waals surface area contributed by atoms with E-state index in [-0.39, 0.29) is 17.9 Å². The third-order valence-corrected chi connectivity index (χ3v) is 6.31. The third kappa shape index (κ3) is 3.94. The minimum absolute atomic E-state index is 0.283. The number of hydrogen-bond acceptors (Lipinski definition) is 4. The van der Waals surface area contributed by atoms with E-state index in [9.17, 15) is 4.39 Å². The first kappa shape index (κ1) is 19.8. The number of nitrogens with one attached hydrogen (secondary N) is 1. The minimum atomic E-state index is -0.385. The Morgan fingerprint density at radius 2 is 1.71 bits per heavy atom. The molecule has 2 aromatic carbocycles. The predicted molar refractivity (Wildman–Crippen MR) is 124 cm³/mol. The average molecular weight is 448 g/mol. The fraction of sp³-hybridized carbons (Fsp3) is 0.0833. The van der Waals surface area contributed by atoms with Gasteiger partial charge in [0.2, 0.25) is 0 Å². The zero-order valence-corrected chi connectivity index (χ0v) is 17.9. The summed E-state index contributed by atoms with van der Waals surface area (Å²) < 4.78 is 21.0. The summed E-state index contributed by atoms with van der Waals surface area (Å²) in [5, 5.41) is 4.50. The highest BCUT2D eigenvalue weighted by atomic mass is 32.2. The lowest BCUT2D eigenvalue weighted by molar-refractivity contribution is 0.382. The summed E-state index contributed by atoms with van der Waals surface area (Å²) in [6.07, 6.45) is 1.74. The molecule has 1 saturated heterocycles. The van der Waals surface area contributed by atoms with Crippen LogP contribution in [-0.4, -0.2) is 10.1 Å². The van der Waals surface area contributed by atoms with Crippen molar-refractivity contribution < 1.29 is 8.81 Å². The first-order chi connectivity index (χ1) is 15.2. The maximum Gasteiger partial charge on any atom is 0.174 e. The quantitative estimate of drug-likeness (QED) is 0.371. The van der Waals surface area contributed by atoms with Crippen molar-refractivity contribution in [1.29, 1.82) is 0 Å². The number of rotatable bonds is 5. The molecule has 0 bridgehead atoms. The number of hydrogen-bond donors (Lipinski definition) is 1. The normalized spacial score (nSPS) is 18.2. The smallest absolute Gasteiger partial charge is 0.174 e. The molecule has 1 N–H and O–H groups in total. The number of pyridine rings is 1. The summed E-state index contributed by atoms with van der Waals surface area (Å²) in [5.41, 5.74) is 1.21. The van der Waals surface area contributed by atoms with Crippen molar-refractivity contribution in [2.24, 2.45) is 0 Å². The van der Waals surface area contributed by atoms with Crippen molar-refractivity contribution in [2.75, 3.05) is 4.90 Å². The largest absolute Gasteiger partial charge is 0.452 e. The molecule has 154 valence electrons. The van der Waals surface area contributed by atoms with E-state index in [4.69, 9.17) is 16.6 Å². The molecule has 4 nitrogen and oxygen atoms in total. The number of furan rings is 1. The van der Waals surface area contributed by atoms with E-state index in [1.165, 1.54) is 17.8 Å². The molecule has 1 fully saturated rings. The summed E-state index contributed by atoms with van der Waals surface area (Å²) in [7, 11) is 0. The zero-order valence-electron chi connectivity index (χ0n) is 16.3. The fourth-order valence-electron chi connectivity index (χ4n) is 3.70. The van der Waals surface area contributed by atoms with Crippen molar-refractivity contribution >= 4 is 34.8 Å². The van der Waals surface area contributed by atoms with Crippen LogP contribution in [0, 0.1) is 5.82 Å². The Hall–Kier alpha value is -3.16. The van der Waals surface area contributed by atoms with Gasteiger partial charge in [0, 0.05) is 11.1 Å². The van der Waals surface area contributed by atoms with E-state index >= 15 is 0 Å². The highest BCUT2D eigenvalue weighted by Crippen LogP contribution is 2.43. The highest BCUT2D eigenvalue weighted by molar-refractivity contribution is 7.99. The van der Waals surface area contributed by atoms with Gasteiger partial charge in [-0.25, -0.2) is 4.39 Å². The van der Waals surface area contributed by atoms with E-state index < -0.39 is 0 Å². The van der Waals surface area contributed by atoms with Gasteiger partial charge in [-0.1, -0.05) is 48.2 Å². The lowest BCUT2D eigenvalue weighted by Crippen LogP contribution is -2.30. The van der Waals surface area contributed by atoms with Gasteiger partial charge < -0.3 is 14.6 Å². The standard InChI is InChI=1S/C24H18FN3OS2/c25-17-10-4-5-12-19(17)28-23(22(27-24(28)30)18-11-6-7-15-26-18)20-13-14-21(29-20)31-16-8-2-1-3-9-16/h1-15,22-23H,(H,27,30)/t22-,23-/m1/s1. The molecule has 2 aromatic heterocycles. The van der Waals surface area contributed by atoms with Crippen LogP contribution in [0.2, 0.25) is 0 Å². The number of para-hydroxylation sites is 1. The number of anilines is 1. The molecule has 7 heteroatoms. The SMILES string of the molecule is Fc1ccccc1N1C(=S)N[C@H](c2ccccn2)[C@H]1c1ccc(Sc2ccccc2)o1. The fourth-order valence-corrected chi connectivity index (χ4v) is 4.84. The Morgan fingerprint density at radius 3 is 2.48 bits per heavy atom. The van der Waals surface area contributed by atoms with Gasteiger partial charge in [-0.3, -0.25) is 4.98 Å². The Kier molecular flexibility index (Phi) is 5.44. The van der Waals surface area contributed by atoms with E-state index in [0.29, 0.717) is 16.6 Å². The molecule has 31 heavy (non-hydrogen) atoms. The first-order valence-corrected chi connectivity index (χ1v) is 11.0. The van der Waals surface area contributed by atoms with Crippen LogP contribution in [0.4, 0.5) is 10.1 Å². The molecule has 0 spiro atoms. The molecule has 4 aromatic rings. The maximum absolute atomic E-state index is 14.7. The molecule has 0 radical (unpaired) electrons. The maximum atomic E-state index is 14.7.